The molecule has 1 amide bonds. The van der Waals surface area contributed by atoms with Gasteiger partial charge in [0, 0.05) is 18.0 Å². The summed E-state index contributed by atoms with van der Waals surface area (Å²) in [5.41, 5.74) is 5.94. The van der Waals surface area contributed by atoms with Crippen LogP contribution in [0.4, 0.5) is 23.1 Å². The first-order valence-corrected chi connectivity index (χ1v) is 12.3. The van der Waals surface area contributed by atoms with E-state index < -0.39 is 0 Å². The number of ether oxygens (including phenoxy) is 1. The predicted molar refractivity (Wildman–Crippen MR) is 152 cm³/mol. The van der Waals surface area contributed by atoms with Crippen LogP contribution in [0.1, 0.15) is 15.9 Å². The Labute approximate surface area is 225 Å². The lowest BCUT2D eigenvalue weighted by Gasteiger charge is -2.16. The van der Waals surface area contributed by atoms with E-state index in [1.165, 1.54) is 6.20 Å². The number of benzene rings is 3. The summed E-state index contributed by atoms with van der Waals surface area (Å²) in [4.78, 5) is 25.3. The predicted octanol–water partition coefficient (Wildman–Crippen LogP) is 6.51. The molecule has 2 aromatic heterocycles. The van der Waals surface area contributed by atoms with Crippen LogP contribution in [0.15, 0.2) is 79.1 Å². The van der Waals surface area contributed by atoms with Crippen molar-refractivity contribution in [2.24, 2.45) is 0 Å². The topological polar surface area (TPSA) is 101 Å². The number of hydrogen-bond acceptors (Lipinski definition) is 7. The fourth-order valence-corrected chi connectivity index (χ4v) is 4.26. The average molecular weight is 525 g/mol. The van der Waals surface area contributed by atoms with Crippen molar-refractivity contribution in [2.75, 3.05) is 24.8 Å². The first-order chi connectivity index (χ1) is 18.4. The number of halogens is 1. The number of nitrogens with zero attached hydrogens (tertiary/aromatic N) is 3. The average Bonchev–Trinajstić information content (AvgIpc) is 2.94. The zero-order valence-corrected chi connectivity index (χ0v) is 21.8. The lowest BCUT2D eigenvalue weighted by molar-refractivity contribution is 0.0963. The largest absolute Gasteiger partial charge is 0.495 e. The Hall–Kier alpha value is -4.69. The number of anilines is 4. The number of aromatic nitrogens is 3. The van der Waals surface area contributed by atoms with Crippen LogP contribution >= 0.6 is 11.6 Å². The van der Waals surface area contributed by atoms with Gasteiger partial charge in [-0.25, -0.2) is 4.98 Å². The van der Waals surface area contributed by atoms with E-state index >= 15 is 0 Å². The summed E-state index contributed by atoms with van der Waals surface area (Å²) in [6.07, 6.45) is 3.27. The minimum absolute atomic E-state index is 0.126. The second-order valence-electron chi connectivity index (χ2n) is 8.58. The summed E-state index contributed by atoms with van der Waals surface area (Å²) < 4.78 is 5.67. The zero-order valence-electron chi connectivity index (χ0n) is 21.0. The van der Waals surface area contributed by atoms with Crippen molar-refractivity contribution in [2.45, 2.75) is 6.92 Å². The Morgan fingerprint density at radius 3 is 2.50 bits per heavy atom. The number of pyridine rings is 1. The molecule has 3 aromatic carbocycles. The molecular weight excluding hydrogens is 500 g/mol. The monoisotopic (exact) mass is 524 g/mol. The number of carbonyl (C=O) groups is 1. The van der Waals surface area contributed by atoms with Gasteiger partial charge in [0.1, 0.15) is 10.8 Å². The van der Waals surface area contributed by atoms with Crippen LogP contribution in [-0.4, -0.2) is 35.0 Å². The Morgan fingerprint density at radius 2 is 1.74 bits per heavy atom. The highest BCUT2D eigenvalue weighted by molar-refractivity contribution is 6.32. The van der Waals surface area contributed by atoms with E-state index in [1.807, 2.05) is 61.5 Å². The molecule has 9 heteroatoms. The third kappa shape index (κ3) is 5.21. The van der Waals surface area contributed by atoms with Crippen LogP contribution in [0, 0.1) is 6.92 Å². The Morgan fingerprint density at radius 1 is 0.947 bits per heavy atom. The van der Waals surface area contributed by atoms with E-state index in [2.05, 4.69) is 30.9 Å². The highest BCUT2D eigenvalue weighted by Gasteiger charge is 2.14. The minimum Gasteiger partial charge on any atom is -0.495 e. The van der Waals surface area contributed by atoms with Gasteiger partial charge in [-0.15, -0.1) is 0 Å². The second kappa shape index (κ2) is 10.7. The van der Waals surface area contributed by atoms with E-state index in [4.69, 9.17) is 16.3 Å². The zero-order chi connectivity index (χ0) is 26.6. The van der Waals surface area contributed by atoms with E-state index in [0.717, 1.165) is 33.3 Å². The minimum atomic E-state index is -0.126. The van der Waals surface area contributed by atoms with Crippen LogP contribution in [-0.2, 0) is 0 Å². The molecule has 0 aliphatic rings. The van der Waals surface area contributed by atoms with Crippen LogP contribution in [0.3, 0.4) is 0 Å². The number of aryl methyl sites for hydroxylation is 1. The summed E-state index contributed by atoms with van der Waals surface area (Å²) >= 11 is 6.39. The van der Waals surface area contributed by atoms with Gasteiger partial charge in [-0.3, -0.25) is 9.78 Å². The number of carbonyl (C=O) groups excluding carboxylic acids is 1. The van der Waals surface area contributed by atoms with Gasteiger partial charge in [-0.1, -0.05) is 41.9 Å². The number of hydrogen-bond donors (Lipinski definition) is 3. The van der Waals surface area contributed by atoms with Crippen molar-refractivity contribution in [1.82, 2.24) is 20.3 Å². The molecule has 0 aliphatic carbocycles. The summed E-state index contributed by atoms with van der Waals surface area (Å²) in [7, 11) is 3.22. The molecular formula is C29H25ClN6O2. The molecule has 0 radical (unpaired) electrons. The number of methoxy groups -OCH3 is 1. The van der Waals surface area contributed by atoms with E-state index in [0.29, 0.717) is 33.8 Å². The van der Waals surface area contributed by atoms with Gasteiger partial charge in [0.25, 0.3) is 5.91 Å². The molecule has 5 aromatic rings. The number of nitrogens with one attached hydrogen (secondary N) is 3. The van der Waals surface area contributed by atoms with Crippen molar-refractivity contribution in [3.8, 4) is 16.9 Å². The van der Waals surface area contributed by atoms with Crippen molar-refractivity contribution >= 4 is 51.6 Å². The molecule has 0 saturated carbocycles. The Bertz CT molecular complexity index is 1640. The van der Waals surface area contributed by atoms with Crippen LogP contribution in [0.25, 0.3) is 22.0 Å². The maximum atomic E-state index is 11.9. The van der Waals surface area contributed by atoms with Crippen molar-refractivity contribution in [3.05, 3.63) is 95.3 Å². The molecule has 0 spiro atoms. The number of para-hydroxylation sites is 1. The number of fused-ring (bicyclic) bond motifs is 1. The summed E-state index contributed by atoms with van der Waals surface area (Å²) in [5, 5.41) is 10.5. The van der Waals surface area contributed by atoms with Crippen LogP contribution in [0.5, 0.6) is 5.75 Å². The Kier molecular flexibility index (Phi) is 7.06. The lowest BCUT2D eigenvalue weighted by Crippen LogP contribution is -2.17. The fourth-order valence-electron chi connectivity index (χ4n) is 4.12. The Balaban J connectivity index is 1.41. The van der Waals surface area contributed by atoms with Crippen molar-refractivity contribution in [1.29, 1.82) is 0 Å². The molecule has 0 saturated heterocycles. The molecule has 0 fully saturated rings. The van der Waals surface area contributed by atoms with E-state index in [9.17, 15) is 4.79 Å². The standard InChI is InChI=1S/C29H25ClN6O2/c1-17-12-25(26(38-3)14-22(17)18-8-10-19(11-9-18)28(37)31-2)35-29-33-16-23(30)27(36-29)34-21-13-20-6-4-5-7-24(20)32-15-21/h4-16H,1-3H3,(H,31,37)(H2,33,34,35,36). The molecule has 0 aliphatic heterocycles. The molecule has 38 heavy (non-hydrogen) atoms. The number of amides is 1. The molecule has 0 unspecified atom stereocenters. The van der Waals surface area contributed by atoms with Crippen LogP contribution in [0.2, 0.25) is 5.02 Å². The van der Waals surface area contributed by atoms with Gasteiger partial charge in [-0.2, -0.15) is 4.98 Å². The van der Waals surface area contributed by atoms with Crippen molar-refractivity contribution < 1.29 is 9.53 Å². The SMILES string of the molecule is CNC(=O)c1ccc(-c2cc(OC)c(Nc3ncc(Cl)c(Nc4cnc5ccccc5c4)n3)cc2C)cc1. The van der Waals surface area contributed by atoms with E-state index in [1.54, 1.807) is 32.5 Å². The van der Waals surface area contributed by atoms with Gasteiger partial charge >= 0.3 is 0 Å². The molecule has 2 heterocycles. The molecule has 5 rings (SSSR count). The first-order valence-electron chi connectivity index (χ1n) is 11.9. The highest BCUT2D eigenvalue weighted by atomic mass is 35.5. The third-order valence-electron chi connectivity index (χ3n) is 6.08. The van der Waals surface area contributed by atoms with Crippen LogP contribution < -0.4 is 20.7 Å². The van der Waals surface area contributed by atoms with E-state index in [-0.39, 0.29) is 5.91 Å². The molecule has 0 bridgehead atoms. The maximum Gasteiger partial charge on any atom is 0.251 e. The molecule has 8 nitrogen and oxygen atoms in total. The normalized spacial score (nSPS) is 10.7. The lowest BCUT2D eigenvalue weighted by atomic mass is 9.98. The molecule has 0 atom stereocenters. The third-order valence-corrected chi connectivity index (χ3v) is 6.35. The van der Waals surface area contributed by atoms with Gasteiger partial charge in [0.2, 0.25) is 5.95 Å². The fraction of sp³-hybridized carbons (Fsp3) is 0.103. The van der Waals surface area contributed by atoms with Gasteiger partial charge < -0.3 is 20.7 Å². The molecule has 190 valence electrons. The quantitative estimate of drug-likeness (QED) is 0.223. The summed E-state index contributed by atoms with van der Waals surface area (Å²) in [6.45, 7) is 2.01. The summed E-state index contributed by atoms with van der Waals surface area (Å²) in [5.74, 6) is 1.29. The van der Waals surface area contributed by atoms with Gasteiger partial charge in [-0.05, 0) is 60.0 Å². The van der Waals surface area contributed by atoms with Gasteiger partial charge in [0.05, 0.1) is 36.4 Å². The smallest absolute Gasteiger partial charge is 0.251 e. The number of rotatable bonds is 7. The van der Waals surface area contributed by atoms with Gasteiger partial charge in [0.15, 0.2) is 5.82 Å². The molecule has 3 N–H and O–H groups in total. The maximum absolute atomic E-state index is 11.9. The van der Waals surface area contributed by atoms with Crippen molar-refractivity contribution in [3.63, 3.8) is 0 Å². The first kappa shape index (κ1) is 25.0. The second-order valence-corrected chi connectivity index (χ2v) is 8.99. The summed E-state index contributed by atoms with van der Waals surface area (Å²) in [6, 6.07) is 21.2. The highest BCUT2D eigenvalue weighted by Crippen LogP contribution is 2.36.